The van der Waals surface area contributed by atoms with Crippen molar-refractivity contribution in [3.05, 3.63) is 0 Å². The Bertz CT molecular complexity index is 262. The highest BCUT2D eigenvalue weighted by Crippen LogP contribution is 2.61. The molecule has 16 heavy (non-hydrogen) atoms. The molecule has 0 aliphatic heterocycles. The lowest BCUT2D eigenvalue weighted by Crippen LogP contribution is -2.29. The van der Waals surface area contributed by atoms with E-state index in [9.17, 15) is 5.11 Å². The van der Waals surface area contributed by atoms with E-state index in [4.69, 9.17) is 0 Å². The van der Waals surface area contributed by atoms with Crippen molar-refractivity contribution in [2.45, 2.75) is 70.8 Å². The third-order valence-electron chi connectivity index (χ3n) is 6.06. The van der Waals surface area contributed by atoms with Gasteiger partial charge in [0.1, 0.15) is 0 Å². The summed E-state index contributed by atoms with van der Waals surface area (Å²) in [5.74, 6) is 2.86. The second-order valence-corrected chi connectivity index (χ2v) is 6.80. The quantitative estimate of drug-likeness (QED) is 0.754. The Morgan fingerprint density at radius 1 is 1.12 bits per heavy atom. The fraction of sp³-hybridized carbons (Fsp3) is 1.00. The first-order valence-electron chi connectivity index (χ1n) is 7.40. The van der Waals surface area contributed by atoms with Gasteiger partial charge < -0.3 is 5.11 Å². The third-order valence-corrected chi connectivity index (χ3v) is 6.06. The molecule has 3 fully saturated rings. The molecule has 0 aromatic rings. The minimum absolute atomic E-state index is 0.0236. The zero-order valence-electron chi connectivity index (χ0n) is 10.6. The molecule has 1 nitrogen and oxygen atoms in total. The highest BCUT2D eigenvalue weighted by atomic mass is 16.3. The first kappa shape index (κ1) is 11.1. The molecule has 3 rings (SSSR count). The Balaban J connectivity index is 1.68. The average molecular weight is 222 g/mol. The van der Waals surface area contributed by atoms with Crippen molar-refractivity contribution >= 4 is 0 Å². The first-order chi connectivity index (χ1) is 7.72. The Morgan fingerprint density at radius 2 is 2.00 bits per heavy atom. The van der Waals surface area contributed by atoms with Crippen LogP contribution in [-0.2, 0) is 0 Å². The van der Waals surface area contributed by atoms with E-state index < -0.39 is 0 Å². The minimum Gasteiger partial charge on any atom is -0.393 e. The standard InChI is InChI=1S/C15H26O/c1-2-15-7-6-12(9-15)14(10-15)11-4-3-5-13(16)8-11/h11-14,16H,2-10H2,1H3. The van der Waals surface area contributed by atoms with E-state index in [0.29, 0.717) is 0 Å². The molecule has 2 bridgehead atoms. The van der Waals surface area contributed by atoms with Gasteiger partial charge in [-0.2, -0.15) is 0 Å². The van der Waals surface area contributed by atoms with E-state index in [2.05, 4.69) is 6.92 Å². The number of hydrogen-bond acceptors (Lipinski definition) is 1. The zero-order chi connectivity index (χ0) is 11.2. The summed E-state index contributed by atoms with van der Waals surface area (Å²) in [4.78, 5) is 0. The second-order valence-electron chi connectivity index (χ2n) is 6.80. The molecular formula is C15H26O. The normalized spacial score (nSPS) is 52.1. The number of rotatable bonds is 2. The number of aliphatic hydroxyl groups is 1. The molecule has 0 radical (unpaired) electrons. The van der Waals surface area contributed by atoms with Crippen LogP contribution in [0, 0.1) is 23.2 Å². The van der Waals surface area contributed by atoms with Crippen molar-refractivity contribution in [1.29, 1.82) is 0 Å². The van der Waals surface area contributed by atoms with Gasteiger partial charge in [-0.3, -0.25) is 0 Å². The van der Waals surface area contributed by atoms with E-state index in [1.807, 2.05) is 0 Å². The Hall–Kier alpha value is -0.0400. The fourth-order valence-electron chi connectivity index (χ4n) is 5.08. The van der Waals surface area contributed by atoms with Gasteiger partial charge in [-0.1, -0.05) is 19.8 Å². The largest absolute Gasteiger partial charge is 0.393 e. The maximum absolute atomic E-state index is 9.83. The van der Waals surface area contributed by atoms with Crippen molar-refractivity contribution in [3.63, 3.8) is 0 Å². The molecule has 0 heterocycles. The van der Waals surface area contributed by atoms with Crippen LogP contribution in [0.4, 0.5) is 0 Å². The monoisotopic (exact) mass is 222 g/mol. The van der Waals surface area contributed by atoms with Crippen LogP contribution in [0.2, 0.25) is 0 Å². The third kappa shape index (κ3) is 1.72. The molecule has 0 aromatic heterocycles. The van der Waals surface area contributed by atoms with Gasteiger partial charge in [-0.05, 0) is 68.1 Å². The summed E-state index contributed by atoms with van der Waals surface area (Å²) in [7, 11) is 0. The summed E-state index contributed by atoms with van der Waals surface area (Å²) in [5.41, 5.74) is 0.734. The number of hydrogen-bond donors (Lipinski definition) is 1. The molecule has 0 aromatic carbocycles. The van der Waals surface area contributed by atoms with E-state index >= 15 is 0 Å². The first-order valence-corrected chi connectivity index (χ1v) is 7.40. The maximum Gasteiger partial charge on any atom is 0.0543 e. The molecule has 3 saturated carbocycles. The van der Waals surface area contributed by atoms with E-state index in [0.717, 1.165) is 36.0 Å². The lowest BCUT2D eigenvalue weighted by molar-refractivity contribution is 0.0595. The van der Waals surface area contributed by atoms with Crippen molar-refractivity contribution in [2.75, 3.05) is 0 Å². The van der Waals surface area contributed by atoms with Crippen molar-refractivity contribution in [1.82, 2.24) is 0 Å². The van der Waals surface area contributed by atoms with Crippen LogP contribution in [-0.4, -0.2) is 11.2 Å². The van der Waals surface area contributed by atoms with Crippen LogP contribution in [0.25, 0.3) is 0 Å². The molecule has 0 amide bonds. The van der Waals surface area contributed by atoms with Crippen molar-refractivity contribution < 1.29 is 5.11 Å². The molecular weight excluding hydrogens is 196 g/mol. The van der Waals surface area contributed by atoms with E-state index in [1.165, 1.54) is 44.9 Å². The SMILES string of the molecule is CCC12CCC(C1)C(C1CCCC(O)C1)C2. The highest BCUT2D eigenvalue weighted by molar-refractivity contribution is 5.01. The van der Waals surface area contributed by atoms with Gasteiger partial charge in [0.15, 0.2) is 0 Å². The van der Waals surface area contributed by atoms with Gasteiger partial charge in [-0.15, -0.1) is 0 Å². The van der Waals surface area contributed by atoms with Gasteiger partial charge >= 0.3 is 0 Å². The van der Waals surface area contributed by atoms with Crippen LogP contribution < -0.4 is 0 Å². The molecule has 1 heteroatoms. The lowest BCUT2D eigenvalue weighted by Gasteiger charge is -2.37. The Labute approximate surface area is 99.6 Å². The highest BCUT2D eigenvalue weighted by Gasteiger charge is 2.51. The second kappa shape index (κ2) is 4.01. The Morgan fingerprint density at radius 3 is 2.69 bits per heavy atom. The fourth-order valence-corrected chi connectivity index (χ4v) is 5.08. The summed E-state index contributed by atoms with van der Waals surface area (Å²) < 4.78 is 0. The van der Waals surface area contributed by atoms with Gasteiger partial charge in [0.2, 0.25) is 0 Å². The zero-order valence-corrected chi connectivity index (χ0v) is 10.6. The predicted molar refractivity (Wildman–Crippen MR) is 66.1 cm³/mol. The Kier molecular flexibility index (Phi) is 2.78. The summed E-state index contributed by atoms with van der Waals surface area (Å²) in [6.45, 7) is 2.39. The smallest absolute Gasteiger partial charge is 0.0543 e. The number of aliphatic hydroxyl groups excluding tert-OH is 1. The lowest BCUT2D eigenvalue weighted by atomic mass is 9.69. The summed E-state index contributed by atoms with van der Waals surface area (Å²) in [5, 5.41) is 9.83. The molecule has 92 valence electrons. The van der Waals surface area contributed by atoms with Crippen LogP contribution in [0.15, 0.2) is 0 Å². The topological polar surface area (TPSA) is 20.2 Å². The van der Waals surface area contributed by atoms with Gasteiger partial charge in [0, 0.05) is 0 Å². The van der Waals surface area contributed by atoms with Crippen molar-refractivity contribution in [3.8, 4) is 0 Å². The molecule has 0 spiro atoms. The molecule has 0 saturated heterocycles. The van der Waals surface area contributed by atoms with E-state index in [-0.39, 0.29) is 6.10 Å². The summed E-state index contributed by atoms with van der Waals surface area (Å²) in [6.07, 6.45) is 12.3. The molecule has 5 unspecified atom stereocenters. The van der Waals surface area contributed by atoms with Crippen LogP contribution in [0.5, 0.6) is 0 Å². The van der Waals surface area contributed by atoms with E-state index in [1.54, 1.807) is 0 Å². The molecule has 5 atom stereocenters. The summed E-state index contributed by atoms with van der Waals surface area (Å²) >= 11 is 0. The predicted octanol–water partition coefficient (Wildman–Crippen LogP) is 3.75. The van der Waals surface area contributed by atoms with Crippen molar-refractivity contribution in [2.24, 2.45) is 23.2 Å². The van der Waals surface area contributed by atoms with Gasteiger partial charge in [0.25, 0.3) is 0 Å². The van der Waals surface area contributed by atoms with Crippen LogP contribution in [0.3, 0.4) is 0 Å². The van der Waals surface area contributed by atoms with Gasteiger partial charge in [-0.25, -0.2) is 0 Å². The summed E-state index contributed by atoms with van der Waals surface area (Å²) in [6, 6.07) is 0. The average Bonchev–Trinajstić information content (AvgIpc) is 2.87. The maximum atomic E-state index is 9.83. The molecule has 3 aliphatic carbocycles. The van der Waals surface area contributed by atoms with Crippen LogP contribution in [0.1, 0.15) is 64.7 Å². The van der Waals surface area contributed by atoms with Crippen LogP contribution >= 0.6 is 0 Å². The van der Waals surface area contributed by atoms with Gasteiger partial charge in [0.05, 0.1) is 6.10 Å². The number of fused-ring (bicyclic) bond motifs is 2. The minimum atomic E-state index is 0.0236. The molecule has 3 aliphatic rings. The molecule has 1 N–H and O–H groups in total.